The standard InChI is InChI=1S/C13H8Cl2N2O/c1-6-4-8(15)13(18)12-11(6)16-9-3-2-7(14)5-10(9)17-12/h2-5,18H,1H3. The third-order valence-electron chi connectivity index (χ3n) is 2.79. The first kappa shape index (κ1) is 11.5. The number of nitrogens with zero attached hydrogens (tertiary/aromatic N) is 2. The van der Waals surface area contributed by atoms with Gasteiger partial charge >= 0.3 is 0 Å². The van der Waals surface area contributed by atoms with E-state index in [-0.39, 0.29) is 10.8 Å². The van der Waals surface area contributed by atoms with Crippen LogP contribution in [-0.4, -0.2) is 15.1 Å². The van der Waals surface area contributed by atoms with Crippen molar-refractivity contribution in [3.63, 3.8) is 0 Å². The number of phenols is 1. The molecule has 0 spiro atoms. The average Bonchev–Trinajstić information content (AvgIpc) is 2.34. The fourth-order valence-corrected chi connectivity index (χ4v) is 2.33. The number of aromatic hydroxyl groups is 1. The van der Waals surface area contributed by atoms with E-state index in [1.54, 1.807) is 24.3 Å². The molecule has 0 atom stereocenters. The van der Waals surface area contributed by atoms with Gasteiger partial charge in [-0.3, -0.25) is 0 Å². The summed E-state index contributed by atoms with van der Waals surface area (Å²) >= 11 is 11.8. The molecular weight excluding hydrogens is 271 g/mol. The summed E-state index contributed by atoms with van der Waals surface area (Å²) < 4.78 is 0. The van der Waals surface area contributed by atoms with Gasteiger partial charge in [0.15, 0.2) is 5.75 Å². The molecule has 3 rings (SSSR count). The number of hydrogen-bond acceptors (Lipinski definition) is 3. The van der Waals surface area contributed by atoms with Crippen LogP contribution in [0.15, 0.2) is 24.3 Å². The smallest absolute Gasteiger partial charge is 0.162 e. The number of fused-ring (bicyclic) bond motifs is 2. The molecule has 0 unspecified atom stereocenters. The molecule has 5 heteroatoms. The minimum absolute atomic E-state index is 0.0494. The number of aryl methyl sites for hydroxylation is 1. The van der Waals surface area contributed by atoms with E-state index in [4.69, 9.17) is 23.2 Å². The van der Waals surface area contributed by atoms with Crippen LogP contribution < -0.4 is 0 Å². The van der Waals surface area contributed by atoms with Crippen LogP contribution in [0.3, 0.4) is 0 Å². The predicted octanol–water partition coefficient (Wildman–Crippen LogP) is 4.10. The van der Waals surface area contributed by atoms with Crippen LogP contribution >= 0.6 is 23.2 Å². The number of phenolic OH excluding ortho intramolecular Hbond substituents is 1. The summed E-state index contributed by atoms with van der Waals surface area (Å²) in [5.41, 5.74) is 3.28. The zero-order valence-corrected chi connectivity index (χ0v) is 10.9. The largest absolute Gasteiger partial charge is 0.504 e. The lowest BCUT2D eigenvalue weighted by molar-refractivity contribution is 0.480. The Balaban J connectivity index is 2.52. The van der Waals surface area contributed by atoms with Crippen molar-refractivity contribution in [2.45, 2.75) is 6.92 Å². The number of rotatable bonds is 0. The van der Waals surface area contributed by atoms with Gasteiger partial charge in [0, 0.05) is 5.02 Å². The average molecular weight is 279 g/mol. The Bertz CT molecular complexity index is 787. The zero-order valence-electron chi connectivity index (χ0n) is 9.41. The molecule has 0 aliphatic carbocycles. The highest BCUT2D eigenvalue weighted by molar-refractivity contribution is 6.33. The van der Waals surface area contributed by atoms with Crippen molar-refractivity contribution in [2.24, 2.45) is 0 Å². The third-order valence-corrected chi connectivity index (χ3v) is 3.32. The summed E-state index contributed by atoms with van der Waals surface area (Å²) in [4.78, 5) is 8.86. The molecule has 90 valence electrons. The molecule has 1 aromatic heterocycles. The fraction of sp³-hybridized carbons (Fsp3) is 0.0769. The summed E-state index contributed by atoms with van der Waals surface area (Å²) in [6.45, 7) is 1.88. The van der Waals surface area contributed by atoms with Crippen molar-refractivity contribution in [3.05, 3.63) is 39.9 Å². The van der Waals surface area contributed by atoms with E-state index in [2.05, 4.69) is 9.97 Å². The van der Waals surface area contributed by atoms with Crippen molar-refractivity contribution in [1.82, 2.24) is 9.97 Å². The maximum Gasteiger partial charge on any atom is 0.162 e. The van der Waals surface area contributed by atoms with Gasteiger partial charge in [0.2, 0.25) is 0 Å². The molecule has 3 aromatic rings. The van der Waals surface area contributed by atoms with E-state index in [1.165, 1.54) is 0 Å². The first-order valence-corrected chi connectivity index (χ1v) is 6.07. The lowest BCUT2D eigenvalue weighted by Gasteiger charge is -2.07. The van der Waals surface area contributed by atoms with Gasteiger partial charge in [-0.05, 0) is 36.8 Å². The maximum absolute atomic E-state index is 9.94. The molecule has 18 heavy (non-hydrogen) atoms. The molecule has 0 bridgehead atoms. The highest BCUT2D eigenvalue weighted by Gasteiger charge is 2.12. The third kappa shape index (κ3) is 1.67. The lowest BCUT2D eigenvalue weighted by Crippen LogP contribution is -1.91. The number of hydrogen-bond donors (Lipinski definition) is 1. The van der Waals surface area contributed by atoms with Crippen molar-refractivity contribution in [2.75, 3.05) is 0 Å². The summed E-state index contributed by atoms with van der Waals surface area (Å²) in [6.07, 6.45) is 0. The van der Waals surface area contributed by atoms with E-state index < -0.39 is 0 Å². The van der Waals surface area contributed by atoms with Crippen molar-refractivity contribution < 1.29 is 5.11 Å². The van der Waals surface area contributed by atoms with E-state index in [0.29, 0.717) is 21.6 Å². The molecule has 2 aromatic carbocycles. The van der Waals surface area contributed by atoms with Gasteiger partial charge in [-0.25, -0.2) is 9.97 Å². The van der Waals surface area contributed by atoms with Gasteiger partial charge in [0.1, 0.15) is 5.52 Å². The van der Waals surface area contributed by atoms with E-state index >= 15 is 0 Å². The Kier molecular flexibility index (Phi) is 2.54. The molecule has 0 radical (unpaired) electrons. The lowest BCUT2D eigenvalue weighted by atomic mass is 10.1. The number of halogens is 2. The molecule has 1 N–H and O–H groups in total. The van der Waals surface area contributed by atoms with Gasteiger partial charge in [-0.2, -0.15) is 0 Å². The molecule has 0 saturated carbocycles. The molecule has 3 nitrogen and oxygen atoms in total. The molecule has 0 fully saturated rings. The van der Waals surface area contributed by atoms with Crippen LogP contribution in [0.4, 0.5) is 0 Å². The molecular formula is C13H8Cl2N2O. The van der Waals surface area contributed by atoms with E-state index in [9.17, 15) is 5.11 Å². The molecule has 0 aliphatic heterocycles. The second-order valence-corrected chi connectivity index (χ2v) is 4.92. The van der Waals surface area contributed by atoms with Crippen LogP contribution in [0.5, 0.6) is 5.75 Å². The second kappa shape index (κ2) is 3.97. The fourth-order valence-electron chi connectivity index (χ4n) is 1.91. The number of benzene rings is 2. The van der Waals surface area contributed by atoms with Crippen LogP contribution in [-0.2, 0) is 0 Å². The van der Waals surface area contributed by atoms with Crippen molar-refractivity contribution in [3.8, 4) is 5.75 Å². The van der Waals surface area contributed by atoms with E-state index in [0.717, 1.165) is 11.1 Å². The maximum atomic E-state index is 9.94. The minimum Gasteiger partial charge on any atom is -0.504 e. The number of aromatic nitrogens is 2. The Morgan fingerprint density at radius 1 is 1.00 bits per heavy atom. The van der Waals surface area contributed by atoms with Crippen molar-refractivity contribution in [1.29, 1.82) is 0 Å². The molecule has 0 saturated heterocycles. The Hall–Kier alpha value is -1.58. The second-order valence-electron chi connectivity index (χ2n) is 4.08. The summed E-state index contributed by atoms with van der Waals surface area (Å²) in [7, 11) is 0. The van der Waals surface area contributed by atoms with Crippen LogP contribution in [0.25, 0.3) is 22.1 Å². The summed E-state index contributed by atoms with van der Waals surface area (Å²) in [6, 6.07) is 6.94. The van der Waals surface area contributed by atoms with Crippen LogP contribution in [0.2, 0.25) is 10.0 Å². The van der Waals surface area contributed by atoms with E-state index in [1.807, 2.05) is 6.92 Å². The normalized spacial score (nSPS) is 11.3. The predicted molar refractivity (Wildman–Crippen MR) is 73.5 cm³/mol. The Morgan fingerprint density at radius 2 is 1.72 bits per heavy atom. The van der Waals surface area contributed by atoms with Crippen LogP contribution in [0.1, 0.15) is 5.56 Å². The van der Waals surface area contributed by atoms with Gasteiger partial charge < -0.3 is 5.11 Å². The van der Waals surface area contributed by atoms with Crippen molar-refractivity contribution >= 4 is 45.3 Å². The highest BCUT2D eigenvalue weighted by atomic mass is 35.5. The zero-order chi connectivity index (χ0) is 12.9. The Labute approximate surface area is 113 Å². The molecule has 1 heterocycles. The topological polar surface area (TPSA) is 46.0 Å². The van der Waals surface area contributed by atoms with Gasteiger partial charge in [0.25, 0.3) is 0 Å². The first-order chi connectivity index (χ1) is 8.56. The highest BCUT2D eigenvalue weighted by Crippen LogP contribution is 2.33. The first-order valence-electron chi connectivity index (χ1n) is 5.31. The minimum atomic E-state index is -0.0494. The Morgan fingerprint density at radius 3 is 2.50 bits per heavy atom. The quantitative estimate of drug-likeness (QED) is 0.630. The van der Waals surface area contributed by atoms with Gasteiger partial charge in [-0.15, -0.1) is 0 Å². The molecule has 0 amide bonds. The van der Waals surface area contributed by atoms with Gasteiger partial charge in [0.05, 0.1) is 21.6 Å². The summed E-state index contributed by atoms with van der Waals surface area (Å²) in [5, 5.41) is 10.8. The SMILES string of the molecule is Cc1cc(Cl)c(O)c2nc3cc(Cl)ccc3nc12. The van der Waals surface area contributed by atoms with Crippen LogP contribution in [0, 0.1) is 6.92 Å². The monoisotopic (exact) mass is 278 g/mol. The molecule has 0 aliphatic rings. The van der Waals surface area contributed by atoms with Gasteiger partial charge in [-0.1, -0.05) is 23.2 Å². The summed E-state index contributed by atoms with van der Waals surface area (Å²) in [5.74, 6) is -0.0494.